The maximum Gasteiger partial charge on any atom is 0.133 e. The second-order valence-electron chi connectivity index (χ2n) is 4.75. The standard InChI is InChI=1S/C13H23NS/c1-2-3-4-6-9-13(15-12-14)10-7-5-8-11-13/h2-11H2,1H3. The monoisotopic (exact) mass is 225 g/mol. The molecule has 1 rings (SSSR count). The van der Waals surface area contributed by atoms with Crippen LogP contribution in [0.1, 0.15) is 71.1 Å². The van der Waals surface area contributed by atoms with E-state index in [1.165, 1.54) is 64.2 Å². The van der Waals surface area contributed by atoms with Gasteiger partial charge in [0, 0.05) is 4.75 Å². The van der Waals surface area contributed by atoms with Gasteiger partial charge in [-0.25, -0.2) is 0 Å². The van der Waals surface area contributed by atoms with Gasteiger partial charge in [0.2, 0.25) is 0 Å². The minimum atomic E-state index is 0.334. The highest BCUT2D eigenvalue weighted by Gasteiger charge is 2.32. The molecular weight excluding hydrogens is 202 g/mol. The Morgan fingerprint density at radius 2 is 1.87 bits per heavy atom. The number of hydrogen-bond donors (Lipinski definition) is 0. The number of thioether (sulfide) groups is 1. The van der Waals surface area contributed by atoms with E-state index in [2.05, 4.69) is 12.3 Å². The normalized spacial score (nSPS) is 19.7. The summed E-state index contributed by atoms with van der Waals surface area (Å²) in [4.78, 5) is 0. The maximum absolute atomic E-state index is 8.90. The average molecular weight is 225 g/mol. The van der Waals surface area contributed by atoms with Crippen molar-refractivity contribution < 1.29 is 0 Å². The number of rotatable bonds is 6. The SMILES string of the molecule is CCCCCCC1(SC#N)CCCCC1. The van der Waals surface area contributed by atoms with Gasteiger partial charge in [0.1, 0.15) is 5.40 Å². The third-order valence-corrected chi connectivity index (χ3v) is 4.65. The lowest BCUT2D eigenvalue weighted by Crippen LogP contribution is -2.27. The van der Waals surface area contributed by atoms with Gasteiger partial charge in [-0.15, -0.1) is 0 Å². The van der Waals surface area contributed by atoms with Crippen LogP contribution < -0.4 is 0 Å². The van der Waals surface area contributed by atoms with E-state index < -0.39 is 0 Å². The number of nitrogens with zero attached hydrogens (tertiary/aromatic N) is 1. The molecule has 1 nitrogen and oxygen atoms in total. The molecule has 1 fully saturated rings. The van der Waals surface area contributed by atoms with E-state index in [0.717, 1.165) is 0 Å². The molecule has 0 spiro atoms. The highest BCUT2D eigenvalue weighted by Crippen LogP contribution is 2.43. The summed E-state index contributed by atoms with van der Waals surface area (Å²) in [6, 6.07) is 0. The van der Waals surface area contributed by atoms with Crippen LogP contribution in [-0.2, 0) is 0 Å². The summed E-state index contributed by atoms with van der Waals surface area (Å²) < 4.78 is 0.334. The molecule has 0 N–H and O–H groups in total. The zero-order valence-electron chi connectivity index (χ0n) is 9.93. The van der Waals surface area contributed by atoms with E-state index >= 15 is 0 Å². The molecule has 0 bridgehead atoms. The zero-order valence-corrected chi connectivity index (χ0v) is 10.7. The Balaban J connectivity index is 2.32. The van der Waals surface area contributed by atoms with Gasteiger partial charge in [0.05, 0.1) is 0 Å². The number of thiocyanates is 1. The Kier molecular flexibility index (Phi) is 6.17. The quantitative estimate of drug-likeness (QED) is 0.475. The van der Waals surface area contributed by atoms with Crippen molar-refractivity contribution in [1.29, 1.82) is 5.26 Å². The van der Waals surface area contributed by atoms with Crippen LogP contribution in [0.5, 0.6) is 0 Å². The first-order valence-electron chi connectivity index (χ1n) is 6.40. The van der Waals surface area contributed by atoms with Gasteiger partial charge >= 0.3 is 0 Å². The van der Waals surface area contributed by atoms with Crippen LogP contribution in [0.4, 0.5) is 0 Å². The van der Waals surface area contributed by atoms with Crippen molar-refractivity contribution in [2.24, 2.45) is 0 Å². The van der Waals surface area contributed by atoms with Crippen LogP contribution in [0, 0.1) is 10.7 Å². The molecule has 2 heteroatoms. The lowest BCUT2D eigenvalue weighted by Gasteiger charge is -2.34. The predicted molar refractivity (Wildman–Crippen MR) is 67.8 cm³/mol. The van der Waals surface area contributed by atoms with Crippen molar-refractivity contribution in [2.75, 3.05) is 0 Å². The van der Waals surface area contributed by atoms with E-state index in [0.29, 0.717) is 4.75 Å². The van der Waals surface area contributed by atoms with Crippen molar-refractivity contribution >= 4 is 11.8 Å². The summed E-state index contributed by atoms with van der Waals surface area (Å²) >= 11 is 1.56. The topological polar surface area (TPSA) is 23.8 Å². The fraction of sp³-hybridized carbons (Fsp3) is 0.923. The van der Waals surface area contributed by atoms with E-state index in [-0.39, 0.29) is 0 Å². The highest BCUT2D eigenvalue weighted by atomic mass is 32.2. The van der Waals surface area contributed by atoms with Crippen LogP contribution in [0.25, 0.3) is 0 Å². The minimum Gasteiger partial charge on any atom is -0.185 e. The molecule has 0 amide bonds. The molecule has 0 radical (unpaired) electrons. The van der Waals surface area contributed by atoms with Crippen LogP contribution in [0.15, 0.2) is 0 Å². The predicted octanol–water partition coefficient (Wildman–Crippen LogP) is 4.87. The molecule has 0 unspecified atom stereocenters. The summed E-state index contributed by atoms with van der Waals surface area (Å²) in [7, 11) is 0. The first-order valence-corrected chi connectivity index (χ1v) is 7.22. The largest absolute Gasteiger partial charge is 0.185 e. The molecule has 15 heavy (non-hydrogen) atoms. The van der Waals surface area contributed by atoms with Gasteiger partial charge in [-0.05, 0) is 31.0 Å². The smallest absolute Gasteiger partial charge is 0.133 e. The summed E-state index contributed by atoms with van der Waals surface area (Å²) in [6.07, 6.45) is 13.2. The number of nitriles is 1. The van der Waals surface area contributed by atoms with Gasteiger partial charge in [0.15, 0.2) is 0 Å². The summed E-state index contributed by atoms with van der Waals surface area (Å²) in [6.45, 7) is 2.25. The average Bonchev–Trinajstić information content (AvgIpc) is 2.26. The Hall–Kier alpha value is -0.160. The lowest BCUT2D eigenvalue weighted by atomic mass is 9.84. The molecule has 1 aliphatic rings. The van der Waals surface area contributed by atoms with Crippen LogP contribution in [0.3, 0.4) is 0 Å². The molecule has 0 aromatic rings. The molecule has 1 aliphatic carbocycles. The molecule has 0 saturated heterocycles. The number of hydrogen-bond acceptors (Lipinski definition) is 2. The van der Waals surface area contributed by atoms with Crippen LogP contribution >= 0.6 is 11.8 Å². The van der Waals surface area contributed by atoms with Gasteiger partial charge in [0.25, 0.3) is 0 Å². The molecule has 0 atom stereocenters. The Morgan fingerprint density at radius 3 is 2.47 bits per heavy atom. The lowest BCUT2D eigenvalue weighted by molar-refractivity contribution is 0.367. The molecule has 0 aliphatic heterocycles. The second-order valence-corrected chi connectivity index (χ2v) is 6.00. The fourth-order valence-electron chi connectivity index (χ4n) is 2.57. The minimum absolute atomic E-state index is 0.334. The zero-order chi connectivity index (χ0) is 11.0. The van der Waals surface area contributed by atoms with E-state index in [1.54, 1.807) is 11.8 Å². The van der Waals surface area contributed by atoms with Gasteiger partial charge in [-0.1, -0.05) is 51.9 Å². The Labute approximate surface area is 98.6 Å². The molecular formula is C13H23NS. The highest BCUT2D eigenvalue weighted by molar-refractivity contribution is 8.05. The van der Waals surface area contributed by atoms with Crippen molar-refractivity contribution in [3.63, 3.8) is 0 Å². The summed E-state index contributed by atoms with van der Waals surface area (Å²) in [5.74, 6) is 0. The third-order valence-electron chi connectivity index (χ3n) is 3.51. The van der Waals surface area contributed by atoms with E-state index in [4.69, 9.17) is 5.26 Å². The van der Waals surface area contributed by atoms with Gasteiger partial charge in [-0.2, -0.15) is 5.26 Å². The van der Waals surface area contributed by atoms with Crippen LogP contribution in [-0.4, -0.2) is 4.75 Å². The second kappa shape index (κ2) is 7.17. The van der Waals surface area contributed by atoms with Crippen molar-refractivity contribution in [2.45, 2.75) is 75.9 Å². The number of unbranched alkanes of at least 4 members (excludes halogenated alkanes) is 3. The third kappa shape index (κ3) is 4.47. The van der Waals surface area contributed by atoms with Crippen molar-refractivity contribution in [3.05, 3.63) is 0 Å². The molecule has 0 heterocycles. The van der Waals surface area contributed by atoms with E-state index in [1.807, 2.05) is 0 Å². The fourth-order valence-corrected chi connectivity index (χ4v) is 3.50. The van der Waals surface area contributed by atoms with E-state index in [9.17, 15) is 0 Å². The first kappa shape index (κ1) is 12.9. The summed E-state index contributed by atoms with van der Waals surface area (Å²) in [5, 5.41) is 11.2. The Morgan fingerprint density at radius 1 is 1.13 bits per heavy atom. The van der Waals surface area contributed by atoms with Gasteiger partial charge in [-0.3, -0.25) is 0 Å². The molecule has 0 aromatic heterocycles. The summed E-state index contributed by atoms with van der Waals surface area (Å²) in [5.41, 5.74) is 0. The first-order chi connectivity index (χ1) is 7.33. The van der Waals surface area contributed by atoms with Crippen LogP contribution in [0.2, 0.25) is 0 Å². The Bertz CT molecular complexity index is 201. The molecule has 86 valence electrons. The van der Waals surface area contributed by atoms with Crippen molar-refractivity contribution in [1.82, 2.24) is 0 Å². The molecule has 1 saturated carbocycles. The van der Waals surface area contributed by atoms with Gasteiger partial charge < -0.3 is 0 Å². The molecule has 0 aromatic carbocycles. The maximum atomic E-state index is 8.90. The van der Waals surface area contributed by atoms with Crippen molar-refractivity contribution in [3.8, 4) is 5.40 Å².